The molecule has 4 heterocycles. The Balaban J connectivity index is 1.28. The van der Waals surface area contributed by atoms with Crippen molar-refractivity contribution < 1.29 is 18.3 Å². The fourth-order valence-electron chi connectivity index (χ4n) is 4.25. The standard InChI is InChI=1S/C20H25FN2O3/c21-18-2-1-8-22-19(18)25-12-4-17-5-13-26-20(17)6-9-23(10-7-20)14-16-3-11-24-15-16/h1-3,8,11,15,17H,4-7,9-10,12-14H2/t17-/m0/s1. The minimum Gasteiger partial charge on any atom is -0.476 e. The van der Waals surface area contributed by atoms with Gasteiger partial charge < -0.3 is 13.9 Å². The molecule has 1 spiro atoms. The van der Waals surface area contributed by atoms with Gasteiger partial charge in [-0.25, -0.2) is 9.37 Å². The Morgan fingerprint density at radius 3 is 2.96 bits per heavy atom. The predicted molar refractivity (Wildman–Crippen MR) is 94.3 cm³/mol. The minimum atomic E-state index is -0.405. The molecular weight excluding hydrogens is 335 g/mol. The van der Waals surface area contributed by atoms with Crippen LogP contribution in [0.25, 0.3) is 0 Å². The quantitative estimate of drug-likeness (QED) is 0.787. The maximum absolute atomic E-state index is 13.6. The molecule has 2 aromatic rings. The van der Waals surface area contributed by atoms with Crippen LogP contribution >= 0.6 is 0 Å². The number of hydrogen-bond acceptors (Lipinski definition) is 5. The SMILES string of the molecule is Fc1cccnc1OCC[C@H]1CCOC12CCN(Cc1ccoc1)CC2. The Labute approximate surface area is 153 Å². The fourth-order valence-corrected chi connectivity index (χ4v) is 4.25. The first-order valence-electron chi connectivity index (χ1n) is 9.36. The minimum absolute atomic E-state index is 0.0427. The third-order valence-corrected chi connectivity index (χ3v) is 5.72. The average Bonchev–Trinajstić information content (AvgIpc) is 3.29. The first-order valence-corrected chi connectivity index (χ1v) is 9.36. The van der Waals surface area contributed by atoms with E-state index in [9.17, 15) is 4.39 Å². The molecule has 6 heteroatoms. The smallest absolute Gasteiger partial charge is 0.250 e. The first kappa shape index (κ1) is 17.5. The maximum atomic E-state index is 13.6. The van der Waals surface area contributed by atoms with Gasteiger partial charge in [-0.3, -0.25) is 4.90 Å². The van der Waals surface area contributed by atoms with Crippen molar-refractivity contribution in [1.29, 1.82) is 0 Å². The van der Waals surface area contributed by atoms with E-state index in [-0.39, 0.29) is 11.5 Å². The summed E-state index contributed by atoms with van der Waals surface area (Å²) in [6.07, 6.45) is 9.08. The van der Waals surface area contributed by atoms with Gasteiger partial charge in [0, 0.05) is 38.0 Å². The van der Waals surface area contributed by atoms with Gasteiger partial charge in [-0.1, -0.05) is 0 Å². The summed E-state index contributed by atoms with van der Waals surface area (Å²) < 4.78 is 30.5. The Morgan fingerprint density at radius 2 is 2.19 bits per heavy atom. The fraction of sp³-hybridized carbons (Fsp3) is 0.550. The van der Waals surface area contributed by atoms with E-state index in [4.69, 9.17) is 13.9 Å². The zero-order chi connectivity index (χ0) is 17.8. The van der Waals surface area contributed by atoms with Crippen LogP contribution in [0.2, 0.25) is 0 Å². The molecule has 140 valence electrons. The second-order valence-electron chi connectivity index (χ2n) is 7.23. The second kappa shape index (κ2) is 7.76. The van der Waals surface area contributed by atoms with Gasteiger partial charge in [0.05, 0.1) is 24.7 Å². The summed E-state index contributed by atoms with van der Waals surface area (Å²) in [5.41, 5.74) is 1.18. The van der Waals surface area contributed by atoms with E-state index in [1.54, 1.807) is 18.5 Å². The van der Waals surface area contributed by atoms with Crippen molar-refractivity contribution in [3.05, 3.63) is 48.3 Å². The van der Waals surface area contributed by atoms with Gasteiger partial charge in [0.2, 0.25) is 5.88 Å². The summed E-state index contributed by atoms with van der Waals surface area (Å²) in [6.45, 7) is 4.26. The van der Waals surface area contributed by atoms with Crippen molar-refractivity contribution in [2.75, 3.05) is 26.3 Å². The summed E-state index contributed by atoms with van der Waals surface area (Å²) >= 11 is 0. The van der Waals surface area contributed by atoms with Gasteiger partial charge in [-0.15, -0.1) is 0 Å². The molecule has 2 fully saturated rings. The molecule has 0 N–H and O–H groups in total. The van der Waals surface area contributed by atoms with Crippen molar-refractivity contribution in [2.45, 2.75) is 37.8 Å². The Bertz CT molecular complexity index is 699. The van der Waals surface area contributed by atoms with Crippen LogP contribution in [0.3, 0.4) is 0 Å². The molecule has 1 atom stereocenters. The van der Waals surface area contributed by atoms with E-state index in [0.717, 1.165) is 51.9 Å². The van der Waals surface area contributed by atoms with Crippen molar-refractivity contribution in [3.63, 3.8) is 0 Å². The van der Waals surface area contributed by atoms with E-state index in [0.29, 0.717) is 12.5 Å². The average molecular weight is 360 g/mol. The third kappa shape index (κ3) is 3.76. The first-order chi connectivity index (χ1) is 12.8. The van der Waals surface area contributed by atoms with Crippen LogP contribution in [0.1, 0.15) is 31.2 Å². The van der Waals surface area contributed by atoms with E-state index in [1.807, 2.05) is 12.3 Å². The Hall–Kier alpha value is -1.92. The van der Waals surface area contributed by atoms with Crippen molar-refractivity contribution in [1.82, 2.24) is 9.88 Å². The van der Waals surface area contributed by atoms with Gasteiger partial charge in [0.1, 0.15) is 0 Å². The monoisotopic (exact) mass is 360 g/mol. The molecule has 26 heavy (non-hydrogen) atoms. The largest absolute Gasteiger partial charge is 0.476 e. The lowest BCUT2D eigenvalue weighted by molar-refractivity contribution is -0.0709. The zero-order valence-corrected chi connectivity index (χ0v) is 14.9. The summed E-state index contributed by atoms with van der Waals surface area (Å²) in [7, 11) is 0. The molecule has 2 aromatic heterocycles. The normalized spacial score (nSPS) is 22.7. The molecule has 0 aliphatic carbocycles. The molecule has 0 bridgehead atoms. The van der Waals surface area contributed by atoms with E-state index >= 15 is 0 Å². The number of rotatable bonds is 6. The van der Waals surface area contributed by atoms with Crippen LogP contribution in [0.15, 0.2) is 41.3 Å². The Kier molecular flexibility index (Phi) is 5.22. The molecular formula is C20H25FN2O3. The van der Waals surface area contributed by atoms with Gasteiger partial charge in [0.15, 0.2) is 5.82 Å². The van der Waals surface area contributed by atoms with Crippen molar-refractivity contribution in [2.24, 2.45) is 5.92 Å². The van der Waals surface area contributed by atoms with Gasteiger partial charge >= 0.3 is 0 Å². The number of nitrogens with zero attached hydrogens (tertiary/aromatic N) is 2. The van der Waals surface area contributed by atoms with Crippen LogP contribution in [0.4, 0.5) is 4.39 Å². The molecule has 2 saturated heterocycles. The number of hydrogen-bond donors (Lipinski definition) is 0. The lowest BCUT2D eigenvalue weighted by Crippen LogP contribution is -2.47. The lowest BCUT2D eigenvalue weighted by Gasteiger charge is -2.42. The predicted octanol–water partition coefficient (Wildman–Crippen LogP) is 3.65. The van der Waals surface area contributed by atoms with Crippen LogP contribution in [0.5, 0.6) is 5.88 Å². The van der Waals surface area contributed by atoms with Gasteiger partial charge in [0.25, 0.3) is 0 Å². The number of aromatic nitrogens is 1. The number of furan rings is 1. The van der Waals surface area contributed by atoms with E-state index < -0.39 is 5.82 Å². The van der Waals surface area contributed by atoms with Crippen molar-refractivity contribution in [3.8, 4) is 5.88 Å². The van der Waals surface area contributed by atoms with Crippen LogP contribution < -0.4 is 4.74 Å². The van der Waals surface area contributed by atoms with Gasteiger partial charge in [-0.05, 0) is 49.8 Å². The number of piperidine rings is 1. The highest BCUT2D eigenvalue weighted by molar-refractivity contribution is 5.12. The molecule has 5 nitrogen and oxygen atoms in total. The zero-order valence-electron chi connectivity index (χ0n) is 14.9. The second-order valence-corrected chi connectivity index (χ2v) is 7.23. The number of likely N-dealkylation sites (tertiary alicyclic amines) is 1. The molecule has 2 aliphatic rings. The van der Waals surface area contributed by atoms with E-state index in [1.165, 1.54) is 11.6 Å². The Morgan fingerprint density at radius 1 is 1.31 bits per heavy atom. The van der Waals surface area contributed by atoms with Crippen molar-refractivity contribution >= 4 is 0 Å². The molecule has 0 unspecified atom stereocenters. The third-order valence-electron chi connectivity index (χ3n) is 5.72. The van der Waals surface area contributed by atoms with Crippen LogP contribution in [-0.4, -0.2) is 41.8 Å². The summed E-state index contributed by atoms with van der Waals surface area (Å²) in [4.78, 5) is 6.40. The maximum Gasteiger partial charge on any atom is 0.250 e. The highest BCUT2D eigenvalue weighted by atomic mass is 19.1. The topological polar surface area (TPSA) is 47.7 Å². The number of pyridine rings is 1. The van der Waals surface area contributed by atoms with E-state index in [2.05, 4.69) is 9.88 Å². The summed E-state index contributed by atoms with van der Waals surface area (Å²) in [5, 5.41) is 0. The van der Waals surface area contributed by atoms with Crippen LogP contribution in [0, 0.1) is 11.7 Å². The van der Waals surface area contributed by atoms with Crippen LogP contribution in [-0.2, 0) is 11.3 Å². The molecule has 4 rings (SSSR count). The molecule has 0 amide bonds. The highest BCUT2D eigenvalue weighted by Crippen LogP contribution is 2.42. The summed E-state index contributed by atoms with van der Waals surface area (Å²) in [6, 6.07) is 4.96. The molecule has 0 aromatic carbocycles. The molecule has 2 aliphatic heterocycles. The number of ether oxygens (including phenoxy) is 2. The number of halogens is 1. The molecule has 0 radical (unpaired) electrons. The highest BCUT2D eigenvalue weighted by Gasteiger charge is 2.45. The van der Waals surface area contributed by atoms with Gasteiger partial charge in [-0.2, -0.15) is 0 Å². The molecule has 0 saturated carbocycles. The summed E-state index contributed by atoms with van der Waals surface area (Å²) in [5.74, 6) is 0.151. The lowest BCUT2D eigenvalue weighted by atomic mass is 9.78.